The van der Waals surface area contributed by atoms with Gasteiger partial charge in [-0.05, 0) is 39.0 Å². The van der Waals surface area contributed by atoms with Crippen LogP contribution in [0, 0.1) is 0 Å². The molecule has 0 radical (unpaired) electrons. The third-order valence-electron chi connectivity index (χ3n) is 4.15. The lowest BCUT2D eigenvalue weighted by Gasteiger charge is -2.35. The van der Waals surface area contributed by atoms with E-state index in [1.807, 2.05) is 4.90 Å². The van der Waals surface area contributed by atoms with Crippen LogP contribution in [0.4, 0.5) is 0 Å². The molecule has 2 aliphatic rings. The number of amides is 1. The number of piperidine rings is 1. The fraction of sp³-hybridized carbons (Fsp3) is 0.929. The predicted molar refractivity (Wildman–Crippen MR) is 71.5 cm³/mol. The lowest BCUT2D eigenvalue weighted by molar-refractivity contribution is -0.138. The first-order chi connectivity index (χ1) is 8.70. The number of nitrogens with one attached hydrogen (secondary N) is 1. The fourth-order valence-electron chi connectivity index (χ4n) is 2.99. The Morgan fingerprint density at radius 1 is 1.33 bits per heavy atom. The summed E-state index contributed by atoms with van der Waals surface area (Å²) in [5.41, 5.74) is 0. The van der Waals surface area contributed by atoms with Gasteiger partial charge in [0.2, 0.25) is 5.91 Å². The monoisotopic (exact) mass is 254 g/mol. The van der Waals surface area contributed by atoms with Crippen LogP contribution in [-0.2, 0) is 9.53 Å². The summed E-state index contributed by atoms with van der Waals surface area (Å²) in [5, 5.41) is 3.56. The minimum Gasteiger partial charge on any atom is -0.367 e. The zero-order valence-electron chi connectivity index (χ0n) is 11.7. The summed E-state index contributed by atoms with van der Waals surface area (Å²) < 4.78 is 5.86. The van der Waals surface area contributed by atoms with Crippen molar-refractivity contribution in [3.05, 3.63) is 0 Å². The van der Waals surface area contributed by atoms with E-state index in [1.165, 1.54) is 0 Å². The van der Waals surface area contributed by atoms with Crippen LogP contribution in [0.1, 0.15) is 46.0 Å². The van der Waals surface area contributed by atoms with Crippen molar-refractivity contribution in [2.45, 2.75) is 64.1 Å². The second-order valence-corrected chi connectivity index (χ2v) is 5.60. The van der Waals surface area contributed by atoms with Crippen molar-refractivity contribution in [2.75, 3.05) is 19.7 Å². The highest BCUT2D eigenvalue weighted by atomic mass is 16.5. The smallest absolute Gasteiger partial charge is 0.248 e. The van der Waals surface area contributed by atoms with Crippen LogP contribution in [0.15, 0.2) is 0 Å². The molecule has 0 aliphatic carbocycles. The minimum absolute atomic E-state index is 0.168. The van der Waals surface area contributed by atoms with Crippen molar-refractivity contribution in [1.29, 1.82) is 0 Å². The molecule has 0 aromatic heterocycles. The van der Waals surface area contributed by atoms with Gasteiger partial charge >= 0.3 is 0 Å². The SMILES string of the molecule is CCC1NC(C)CCC1OCC(=O)N1CCCC1. The van der Waals surface area contributed by atoms with Gasteiger partial charge in [-0.2, -0.15) is 0 Å². The van der Waals surface area contributed by atoms with E-state index in [0.717, 1.165) is 45.2 Å². The first kappa shape index (κ1) is 13.8. The second-order valence-electron chi connectivity index (χ2n) is 5.60. The Morgan fingerprint density at radius 3 is 2.72 bits per heavy atom. The van der Waals surface area contributed by atoms with Gasteiger partial charge in [-0.25, -0.2) is 0 Å². The molecule has 3 atom stereocenters. The average molecular weight is 254 g/mol. The Kier molecular flexibility index (Phi) is 5.01. The zero-order valence-corrected chi connectivity index (χ0v) is 11.7. The Hall–Kier alpha value is -0.610. The molecule has 2 rings (SSSR count). The third-order valence-corrected chi connectivity index (χ3v) is 4.15. The van der Waals surface area contributed by atoms with Crippen molar-refractivity contribution in [2.24, 2.45) is 0 Å². The Labute approximate surface area is 110 Å². The number of rotatable bonds is 4. The number of carbonyl (C=O) groups is 1. The molecule has 18 heavy (non-hydrogen) atoms. The van der Waals surface area contributed by atoms with Gasteiger partial charge < -0.3 is 15.0 Å². The number of likely N-dealkylation sites (tertiary alicyclic amines) is 1. The normalized spacial score (nSPS) is 32.8. The van der Waals surface area contributed by atoms with Crippen LogP contribution in [0.2, 0.25) is 0 Å². The highest BCUT2D eigenvalue weighted by Gasteiger charge is 2.28. The topological polar surface area (TPSA) is 41.6 Å². The maximum Gasteiger partial charge on any atom is 0.248 e. The number of ether oxygens (including phenoxy) is 1. The molecule has 1 N–H and O–H groups in total. The molecule has 4 heteroatoms. The van der Waals surface area contributed by atoms with Crippen molar-refractivity contribution in [1.82, 2.24) is 10.2 Å². The number of nitrogens with zero attached hydrogens (tertiary/aromatic N) is 1. The maximum atomic E-state index is 11.9. The Balaban J connectivity index is 1.76. The van der Waals surface area contributed by atoms with Gasteiger partial charge in [0.25, 0.3) is 0 Å². The molecule has 2 fully saturated rings. The van der Waals surface area contributed by atoms with E-state index in [4.69, 9.17) is 4.74 Å². The van der Waals surface area contributed by atoms with E-state index in [9.17, 15) is 4.79 Å². The molecule has 0 aromatic rings. The molecular formula is C14H26N2O2. The number of hydrogen-bond donors (Lipinski definition) is 1. The lowest BCUT2D eigenvalue weighted by Crippen LogP contribution is -2.50. The molecule has 2 saturated heterocycles. The summed E-state index contributed by atoms with van der Waals surface area (Å²) in [6.07, 6.45) is 5.77. The fourth-order valence-corrected chi connectivity index (χ4v) is 2.99. The summed E-state index contributed by atoms with van der Waals surface area (Å²) in [5.74, 6) is 0.168. The lowest BCUT2D eigenvalue weighted by atomic mass is 9.95. The van der Waals surface area contributed by atoms with E-state index in [2.05, 4.69) is 19.2 Å². The average Bonchev–Trinajstić information content (AvgIpc) is 2.90. The Morgan fingerprint density at radius 2 is 2.06 bits per heavy atom. The van der Waals surface area contributed by atoms with E-state index < -0.39 is 0 Å². The molecule has 4 nitrogen and oxygen atoms in total. The van der Waals surface area contributed by atoms with Gasteiger partial charge in [-0.15, -0.1) is 0 Å². The van der Waals surface area contributed by atoms with E-state index in [0.29, 0.717) is 12.1 Å². The molecule has 3 unspecified atom stereocenters. The summed E-state index contributed by atoms with van der Waals surface area (Å²) in [6.45, 7) is 6.48. The summed E-state index contributed by atoms with van der Waals surface area (Å²) in [4.78, 5) is 13.9. The highest BCUT2D eigenvalue weighted by Crippen LogP contribution is 2.19. The molecule has 1 amide bonds. The Bertz CT molecular complexity index is 277. The van der Waals surface area contributed by atoms with Gasteiger partial charge in [-0.1, -0.05) is 6.92 Å². The van der Waals surface area contributed by atoms with Crippen molar-refractivity contribution >= 4 is 5.91 Å². The van der Waals surface area contributed by atoms with E-state index in [1.54, 1.807) is 0 Å². The summed E-state index contributed by atoms with van der Waals surface area (Å²) >= 11 is 0. The maximum absolute atomic E-state index is 11.9. The van der Waals surface area contributed by atoms with Gasteiger partial charge in [0.1, 0.15) is 6.61 Å². The molecule has 0 aromatic carbocycles. The van der Waals surface area contributed by atoms with Crippen LogP contribution in [0.25, 0.3) is 0 Å². The molecule has 0 spiro atoms. The zero-order chi connectivity index (χ0) is 13.0. The van der Waals surface area contributed by atoms with Crippen molar-refractivity contribution in [3.63, 3.8) is 0 Å². The van der Waals surface area contributed by atoms with Crippen LogP contribution < -0.4 is 5.32 Å². The second kappa shape index (κ2) is 6.53. The largest absolute Gasteiger partial charge is 0.367 e. The molecule has 0 saturated carbocycles. The molecule has 104 valence electrons. The van der Waals surface area contributed by atoms with E-state index >= 15 is 0 Å². The molecule has 2 heterocycles. The van der Waals surface area contributed by atoms with Crippen LogP contribution in [0.3, 0.4) is 0 Å². The molecule has 2 aliphatic heterocycles. The van der Waals surface area contributed by atoms with Gasteiger partial charge in [-0.3, -0.25) is 4.79 Å². The predicted octanol–water partition coefficient (Wildman–Crippen LogP) is 1.54. The van der Waals surface area contributed by atoms with Crippen molar-refractivity contribution < 1.29 is 9.53 Å². The number of hydrogen-bond acceptors (Lipinski definition) is 3. The third kappa shape index (κ3) is 3.45. The molecule has 0 bridgehead atoms. The quantitative estimate of drug-likeness (QED) is 0.827. The van der Waals surface area contributed by atoms with Gasteiger partial charge in [0.05, 0.1) is 6.10 Å². The van der Waals surface area contributed by atoms with Gasteiger partial charge in [0.15, 0.2) is 0 Å². The summed E-state index contributed by atoms with van der Waals surface area (Å²) in [7, 11) is 0. The standard InChI is InChI=1S/C14H26N2O2/c1-3-12-13(7-6-11(2)15-12)18-10-14(17)16-8-4-5-9-16/h11-13,15H,3-10H2,1-2H3. The summed E-state index contributed by atoms with van der Waals surface area (Å²) in [6, 6.07) is 0.976. The van der Waals surface area contributed by atoms with Crippen LogP contribution in [0.5, 0.6) is 0 Å². The first-order valence-corrected chi connectivity index (χ1v) is 7.36. The van der Waals surface area contributed by atoms with Gasteiger partial charge in [0, 0.05) is 25.2 Å². The number of carbonyl (C=O) groups excluding carboxylic acids is 1. The van der Waals surface area contributed by atoms with Crippen LogP contribution >= 0.6 is 0 Å². The molecular weight excluding hydrogens is 228 g/mol. The van der Waals surface area contributed by atoms with E-state index in [-0.39, 0.29) is 18.6 Å². The van der Waals surface area contributed by atoms with Crippen molar-refractivity contribution in [3.8, 4) is 0 Å². The highest BCUT2D eigenvalue weighted by molar-refractivity contribution is 5.77. The first-order valence-electron chi connectivity index (χ1n) is 7.36. The van der Waals surface area contributed by atoms with Crippen LogP contribution in [-0.4, -0.2) is 48.7 Å². The minimum atomic E-state index is 0.168.